The van der Waals surface area contributed by atoms with Crippen LogP contribution in [0.25, 0.3) is 0 Å². The van der Waals surface area contributed by atoms with Crippen LogP contribution < -0.4 is 15.4 Å². The molecule has 12 heteroatoms. The maximum Gasteiger partial charge on any atom is 0.270 e. The van der Waals surface area contributed by atoms with E-state index >= 15 is 0 Å². The molecule has 0 spiro atoms. The second-order valence-corrected chi connectivity index (χ2v) is 8.82. The van der Waals surface area contributed by atoms with Crippen molar-refractivity contribution in [3.8, 4) is 5.75 Å². The number of nitrogens with zero attached hydrogens (tertiary/aromatic N) is 3. The van der Waals surface area contributed by atoms with Gasteiger partial charge in [0.05, 0.1) is 28.3 Å². The molecule has 0 saturated heterocycles. The molecule has 34 heavy (non-hydrogen) atoms. The summed E-state index contributed by atoms with van der Waals surface area (Å²) in [6, 6.07) is 11.0. The molecule has 2 N–H and O–H groups in total. The second kappa shape index (κ2) is 10.1. The van der Waals surface area contributed by atoms with Crippen molar-refractivity contribution < 1.29 is 19.2 Å². The lowest BCUT2D eigenvalue weighted by atomic mass is 10.2. The monoisotopic (exact) mass is 501 g/mol. The number of anilines is 1. The molecular weight excluding hydrogens is 482 g/mol. The minimum atomic E-state index is -0.617. The highest BCUT2D eigenvalue weighted by Crippen LogP contribution is 2.35. The Bertz CT molecular complexity index is 1260. The molecule has 1 aromatic heterocycles. The maximum atomic E-state index is 12.9. The molecule has 0 bridgehead atoms. The van der Waals surface area contributed by atoms with Crippen molar-refractivity contribution in [1.29, 1.82) is 0 Å². The lowest BCUT2D eigenvalue weighted by Gasteiger charge is -2.12. The van der Waals surface area contributed by atoms with Crippen LogP contribution in [0.4, 0.5) is 11.5 Å². The topological polar surface area (TPSA) is 128 Å². The molecule has 2 amide bonds. The zero-order valence-electron chi connectivity index (χ0n) is 18.0. The van der Waals surface area contributed by atoms with Crippen LogP contribution in [0.15, 0.2) is 42.5 Å². The van der Waals surface area contributed by atoms with Crippen LogP contribution in [0.5, 0.6) is 5.75 Å². The molecule has 0 radical (unpaired) electrons. The van der Waals surface area contributed by atoms with Gasteiger partial charge in [-0.05, 0) is 23.8 Å². The van der Waals surface area contributed by atoms with Crippen molar-refractivity contribution in [2.45, 2.75) is 24.6 Å². The molecule has 0 unspecified atom stereocenters. The van der Waals surface area contributed by atoms with Crippen molar-refractivity contribution in [2.24, 2.45) is 0 Å². The summed E-state index contributed by atoms with van der Waals surface area (Å²) < 4.78 is 6.57. The van der Waals surface area contributed by atoms with Crippen LogP contribution in [-0.2, 0) is 29.4 Å². The molecule has 2 heterocycles. The van der Waals surface area contributed by atoms with Gasteiger partial charge >= 0.3 is 0 Å². The Labute approximate surface area is 203 Å². The summed E-state index contributed by atoms with van der Waals surface area (Å²) in [6.45, 7) is 0.219. The molecule has 10 nitrogen and oxygen atoms in total. The number of benzene rings is 2. The molecular formula is C22H20ClN5O5S. The normalized spacial score (nSPS) is 12.2. The van der Waals surface area contributed by atoms with Crippen molar-refractivity contribution in [3.05, 3.63) is 80.0 Å². The number of carbonyl (C=O) groups is 2. The number of aromatic nitrogens is 2. The van der Waals surface area contributed by atoms with Crippen molar-refractivity contribution >= 4 is 46.7 Å². The summed E-state index contributed by atoms with van der Waals surface area (Å²) in [5.41, 5.74) is 2.23. The van der Waals surface area contributed by atoms with Gasteiger partial charge in [-0.2, -0.15) is 16.9 Å². The predicted octanol–water partition coefficient (Wildman–Crippen LogP) is 3.77. The SMILES string of the molecule is COc1ccc(CNC(=O)Cn2nc3c(c2NC(=O)c2cc([N+](=O)[O-])ccc2Cl)CSC3)cc1. The van der Waals surface area contributed by atoms with Gasteiger partial charge in [0.2, 0.25) is 5.91 Å². The molecule has 1 aliphatic heterocycles. The number of nitro benzene ring substituents is 1. The van der Waals surface area contributed by atoms with E-state index in [2.05, 4.69) is 15.7 Å². The number of nitro groups is 1. The highest BCUT2D eigenvalue weighted by Gasteiger charge is 2.26. The standard InChI is InChI=1S/C22H20ClN5O5S/c1-33-15-5-2-13(3-6-15)9-24-20(29)10-27-21(17-11-34-12-19(17)26-27)25-22(30)16-8-14(28(31)32)4-7-18(16)23/h2-8H,9-12H2,1H3,(H,24,29)(H,25,30). The number of halogens is 1. The molecule has 1 aliphatic rings. The zero-order valence-corrected chi connectivity index (χ0v) is 19.6. The first-order valence-electron chi connectivity index (χ1n) is 10.2. The van der Waals surface area contributed by atoms with Crippen LogP contribution in [0.2, 0.25) is 5.02 Å². The largest absolute Gasteiger partial charge is 0.497 e. The molecule has 3 aromatic rings. The van der Waals surface area contributed by atoms with Gasteiger partial charge < -0.3 is 15.4 Å². The van der Waals surface area contributed by atoms with Crippen LogP contribution in [0.3, 0.4) is 0 Å². The van der Waals surface area contributed by atoms with E-state index in [1.165, 1.54) is 16.8 Å². The van der Waals surface area contributed by atoms with Crippen LogP contribution >= 0.6 is 23.4 Å². The van der Waals surface area contributed by atoms with Gasteiger partial charge in [0.25, 0.3) is 11.6 Å². The minimum Gasteiger partial charge on any atom is -0.497 e. The summed E-state index contributed by atoms with van der Waals surface area (Å²) in [7, 11) is 1.58. The van der Waals surface area contributed by atoms with E-state index in [0.29, 0.717) is 23.9 Å². The minimum absolute atomic E-state index is 0.0352. The lowest BCUT2D eigenvalue weighted by molar-refractivity contribution is -0.384. The number of rotatable bonds is 8. The highest BCUT2D eigenvalue weighted by atomic mass is 35.5. The fourth-order valence-corrected chi connectivity index (χ4v) is 4.67. The molecule has 0 aliphatic carbocycles. The van der Waals surface area contributed by atoms with Crippen LogP contribution in [0.1, 0.15) is 27.2 Å². The van der Waals surface area contributed by atoms with E-state index in [0.717, 1.165) is 28.6 Å². The lowest BCUT2D eigenvalue weighted by Crippen LogP contribution is -2.29. The van der Waals surface area contributed by atoms with E-state index in [1.807, 2.05) is 24.3 Å². The summed E-state index contributed by atoms with van der Waals surface area (Å²) >= 11 is 7.75. The molecule has 0 saturated carbocycles. The van der Waals surface area contributed by atoms with E-state index < -0.39 is 10.8 Å². The average molecular weight is 502 g/mol. The Kier molecular flexibility index (Phi) is 7.03. The highest BCUT2D eigenvalue weighted by molar-refractivity contribution is 7.98. The van der Waals surface area contributed by atoms with Gasteiger partial charge in [0.15, 0.2) is 0 Å². The van der Waals surface area contributed by atoms with Gasteiger partial charge in [0.1, 0.15) is 18.1 Å². The Morgan fingerprint density at radius 3 is 2.71 bits per heavy atom. The Hall–Kier alpha value is -3.57. The number of hydrogen-bond acceptors (Lipinski definition) is 7. The Morgan fingerprint density at radius 2 is 2.00 bits per heavy atom. The van der Waals surface area contributed by atoms with E-state index in [9.17, 15) is 19.7 Å². The van der Waals surface area contributed by atoms with E-state index in [1.54, 1.807) is 18.9 Å². The summed E-state index contributed by atoms with van der Waals surface area (Å²) in [5, 5.41) is 21.2. The number of hydrogen-bond donors (Lipinski definition) is 2. The Balaban J connectivity index is 1.49. The third kappa shape index (κ3) is 5.15. The summed E-state index contributed by atoms with van der Waals surface area (Å²) in [6.07, 6.45) is 0. The predicted molar refractivity (Wildman–Crippen MR) is 128 cm³/mol. The second-order valence-electron chi connectivity index (χ2n) is 7.42. The van der Waals surface area contributed by atoms with Gasteiger partial charge in [-0.25, -0.2) is 4.68 Å². The fraction of sp³-hybridized carbons (Fsp3) is 0.227. The molecule has 176 valence electrons. The third-order valence-electron chi connectivity index (χ3n) is 5.20. The van der Waals surface area contributed by atoms with Crippen LogP contribution in [-0.4, -0.2) is 33.6 Å². The average Bonchev–Trinajstić information content (AvgIpc) is 3.40. The molecule has 0 fully saturated rings. The third-order valence-corrected chi connectivity index (χ3v) is 6.50. The number of ether oxygens (including phenoxy) is 1. The number of carbonyl (C=O) groups excluding carboxylic acids is 2. The van der Waals surface area contributed by atoms with Crippen molar-refractivity contribution in [1.82, 2.24) is 15.1 Å². The first kappa shape index (κ1) is 23.6. The molecule has 0 atom stereocenters. The number of amides is 2. The molecule has 4 rings (SSSR count). The van der Waals surface area contributed by atoms with Gasteiger partial charge in [0, 0.05) is 35.7 Å². The van der Waals surface area contributed by atoms with E-state index in [4.69, 9.17) is 16.3 Å². The summed E-state index contributed by atoms with van der Waals surface area (Å²) in [4.78, 5) is 36.0. The zero-order chi connectivity index (χ0) is 24.2. The number of methoxy groups -OCH3 is 1. The number of thioether (sulfide) groups is 1. The fourth-order valence-electron chi connectivity index (χ4n) is 3.43. The number of fused-ring (bicyclic) bond motifs is 1. The smallest absolute Gasteiger partial charge is 0.270 e. The number of nitrogens with one attached hydrogen (secondary N) is 2. The van der Waals surface area contributed by atoms with Gasteiger partial charge in [-0.3, -0.25) is 19.7 Å². The van der Waals surface area contributed by atoms with Crippen LogP contribution in [0, 0.1) is 10.1 Å². The van der Waals surface area contributed by atoms with Gasteiger partial charge in [-0.15, -0.1) is 0 Å². The number of non-ortho nitro benzene ring substituents is 1. The quantitative estimate of drug-likeness (QED) is 0.355. The first-order chi connectivity index (χ1) is 16.4. The van der Waals surface area contributed by atoms with E-state index in [-0.39, 0.29) is 28.7 Å². The summed E-state index contributed by atoms with van der Waals surface area (Å²) in [5.74, 6) is 1.49. The first-order valence-corrected chi connectivity index (χ1v) is 11.7. The van der Waals surface area contributed by atoms with Gasteiger partial charge in [-0.1, -0.05) is 23.7 Å². The molecule has 2 aromatic carbocycles. The van der Waals surface area contributed by atoms with Crippen molar-refractivity contribution in [3.63, 3.8) is 0 Å². The maximum absolute atomic E-state index is 12.9. The van der Waals surface area contributed by atoms with Crippen molar-refractivity contribution in [2.75, 3.05) is 12.4 Å². The Morgan fingerprint density at radius 1 is 1.24 bits per heavy atom.